The lowest BCUT2D eigenvalue weighted by molar-refractivity contribution is -0.138. The summed E-state index contributed by atoms with van der Waals surface area (Å²) >= 11 is 0. The van der Waals surface area contributed by atoms with E-state index in [0.29, 0.717) is 6.42 Å². The quantitative estimate of drug-likeness (QED) is 0.561. The Kier molecular flexibility index (Phi) is 2.72. The molecule has 0 amide bonds. The standard InChI is InChI=1S/C8H13O2/c1-10-8(9)6-5-7-3-2-4-7/h7H,1-6H2. The number of carbonyl (C=O) groups excluding carboxylic acids is 1. The SMILES string of the molecule is [CH2]OC(=O)CCC1CCC1. The third-order valence-corrected chi connectivity index (χ3v) is 2.14. The van der Waals surface area contributed by atoms with Crippen molar-refractivity contribution in [3.63, 3.8) is 0 Å². The Bertz CT molecular complexity index is 116. The van der Waals surface area contributed by atoms with Gasteiger partial charge in [0.1, 0.15) is 7.11 Å². The number of hydrogen-bond acceptors (Lipinski definition) is 2. The molecule has 57 valence electrons. The number of rotatable bonds is 3. The van der Waals surface area contributed by atoms with Gasteiger partial charge in [-0.05, 0) is 12.3 Å². The molecule has 0 heterocycles. The molecule has 0 unspecified atom stereocenters. The molecule has 0 saturated heterocycles. The maximum Gasteiger partial charge on any atom is 0.305 e. The van der Waals surface area contributed by atoms with Crippen LogP contribution in [0.1, 0.15) is 32.1 Å². The van der Waals surface area contributed by atoms with Gasteiger partial charge < -0.3 is 4.74 Å². The molecule has 0 aromatic carbocycles. The molecule has 0 atom stereocenters. The first kappa shape index (κ1) is 7.58. The van der Waals surface area contributed by atoms with E-state index in [-0.39, 0.29) is 5.97 Å². The average molecular weight is 141 g/mol. The van der Waals surface area contributed by atoms with Crippen LogP contribution in [0, 0.1) is 13.0 Å². The third kappa shape index (κ3) is 2.01. The first-order valence-electron chi connectivity index (χ1n) is 3.78. The van der Waals surface area contributed by atoms with Crippen LogP contribution in [0.4, 0.5) is 0 Å². The van der Waals surface area contributed by atoms with E-state index in [2.05, 4.69) is 11.8 Å². The Labute approximate surface area is 61.6 Å². The van der Waals surface area contributed by atoms with Gasteiger partial charge in [0.05, 0.1) is 0 Å². The van der Waals surface area contributed by atoms with E-state index < -0.39 is 0 Å². The highest BCUT2D eigenvalue weighted by Gasteiger charge is 2.18. The molecule has 0 aliphatic heterocycles. The molecule has 0 aromatic heterocycles. The molecule has 2 nitrogen and oxygen atoms in total. The second-order valence-electron chi connectivity index (χ2n) is 2.85. The van der Waals surface area contributed by atoms with Crippen molar-refractivity contribution in [3.05, 3.63) is 7.11 Å². The van der Waals surface area contributed by atoms with Crippen molar-refractivity contribution in [2.24, 2.45) is 5.92 Å². The molecule has 2 heteroatoms. The Balaban J connectivity index is 1.98. The Hall–Kier alpha value is -0.530. The van der Waals surface area contributed by atoms with Crippen molar-refractivity contribution in [2.45, 2.75) is 32.1 Å². The van der Waals surface area contributed by atoms with Crippen LogP contribution in [0.15, 0.2) is 0 Å². The average Bonchev–Trinajstić information content (AvgIpc) is 1.84. The molecule has 0 spiro atoms. The summed E-state index contributed by atoms with van der Waals surface area (Å²) in [7, 11) is 3.06. The van der Waals surface area contributed by atoms with Crippen molar-refractivity contribution in [1.82, 2.24) is 0 Å². The molecule has 1 saturated carbocycles. The normalized spacial score (nSPS) is 18.1. The zero-order valence-corrected chi connectivity index (χ0v) is 6.14. The largest absolute Gasteiger partial charge is 0.462 e. The van der Waals surface area contributed by atoms with Gasteiger partial charge in [0.15, 0.2) is 0 Å². The highest BCUT2D eigenvalue weighted by atomic mass is 16.5. The predicted octanol–water partition coefficient (Wildman–Crippen LogP) is 1.90. The van der Waals surface area contributed by atoms with Crippen molar-refractivity contribution >= 4 is 5.97 Å². The molecule has 1 fully saturated rings. The summed E-state index contributed by atoms with van der Waals surface area (Å²) in [6, 6.07) is 0. The fraction of sp³-hybridized carbons (Fsp3) is 0.750. The topological polar surface area (TPSA) is 26.3 Å². The van der Waals surface area contributed by atoms with E-state index in [1.54, 1.807) is 0 Å². The fourth-order valence-corrected chi connectivity index (χ4v) is 1.18. The highest BCUT2D eigenvalue weighted by molar-refractivity contribution is 5.69. The molecular formula is C8H13O2. The molecule has 1 aliphatic carbocycles. The lowest BCUT2D eigenvalue weighted by atomic mass is 9.82. The van der Waals surface area contributed by atoms with Crippen LogP contribution < -0.4 is 0 Å². The Morgan fingerprint density at radius 3 is 2.70 bits per heavy atom. The third-order valence-electron chi connectivity index (χ3n) is 2.14. The van der Waals surface area contributed by atoms with Crippen LogP contribution in [0.3, 0.4) is 0 Å². The lowest BCUT2D eigenvalue weighted by Gasteiger charge is -2.24. The minimum absolute atomic E-state index is 0.174. The minimum atomic E-state index is -0.174. The van der Waals surface area contributed by atoms with Crippen LogP contribution in [0.2, 0.25) is 0 Å². The molecule has 1 rings (SSSR count). The van der Waals surface area contributed by atoms with Crippen molar-refractivity contribution in [1.29, 1.82) is 0 Å². The fourth-order valence-electron chi connectivity index (χ4n) is 1.18. The summed E-state index contributed by atoms with van der Waals surface area (Å²) in [4.78, 5) is 10.6. The summed E-state index contributed by atoms with van der Waals surface area (Å²) in [5.74, 6) is 0.617. The van der Waals surface area contributed by atoms with Gasteiger partial charge in [-0.3, -0.25) is 4.79 Å². The smallest absolute Gasteiger partial charge is 0.305 e. The van der Waals surface area contributed by atoms with E-state index in [4.69, 9.17) is 0 Å². The summed E-state index contributed by atoms with van der Waals surface area (Å²) in [6.45, 7) is 0. The monoisotopic (exact) mass is 141 g/mol. The van der Waals surface area contributed by atoms with E-state index in [1.807, 2.05) is 0 Å². The first-order valence-corrected chi connectivity index (χ1v) is 3.78. The van der Waals surface area contributed by atoms with Crippen LogP contribution in [-0.2, 0) is 9.53 Å². The van der Waals surface area contributed by atoms with Gasteiger partial charge in [-0.1, -0.05) is 19.3 Å². The number of ether oxygens (including phenoxy) is 1. The molecule has 0 N–H and O–H groups in total. The lowest BCUT2D eigenvalue weighted by Crippen LogP contribution is -2.12. The summed E-state index contributed by atoms with van der Waals surface area (Å²) in [5, 5.41) is 0. The molecule has 0 aromatic rings. The maximum atomic E-state index is 10.6. The van der Waals surface area contributed by atoms with E-state index in [0.717, 1.165) is 12.3 Å². The Morgan fingerprint density at radius 1 is 1.60 bits per heavy atom. The summed E-state index contributed by atoms with van der Waals surface area (Å²) in [5.41, 5.74) is 0. The van der Waals surface area contributed by atoms with Crippen LogP contribution in [0.25, 0.3) is 0 Å². The molecule has 1 aliphatic rings. The number of carbonyl (C=O) groups is 1. The van der Waals surface area contributed by atoms with E-state index in [1.165, 1.54) is 19.3 Å². The minimum Gasteiger partial charge on any atom is -0.462 e. The molecular weight excluding hydrogens is 128 g/mol. The molecule has 1 radical (unpaired) electrons. The maximum absolute atomic E-state index is 10.6. The van der Waals surface area contributed by atoms with Gasteiger partial charge in [-0.25, -0.2) is 0 Å². The zero-order chi connectivity index (χ0) is 7.40. The van der Waals surface area contributed by atoms with Crippen molar-refractivity contribution in [2.75, 3.05) is 0 Å². The first-order chi connectivity index (χ1) is 4.83. The van der Waals surface area contributed by atoms with Crippen molar-refractivity contribution < 1.29 is 9.53 Å². The van der Waals surface area contributed by atoms with Crippen LogP contribution in [0.5, 0.6) is 0 Å². The molecule has 0 bridgehead atoms. The highest BCUT2D eigenvalue weighted by Crippen LogP contribution is 2.30. The van der Waals surface area contributed by atoms with Gasteiger partial charge in [0.2, 0.25) is 0 Å². The Morgan fingerprint density at radius 2 is 2.30 bits per heavy atom. The second-order valence-corrected chi connectivity index (χ2v) is 2.85. The van der Waals surface area contributed by atoms with Crippen LogP contribution in [-0.4, -0.2) is 5.97 Å². The second kappa shape index (κ2) is 3.59. The van der Waals surface area contributed by atoms with Gasteiger partial charge in [-0.15, -0.1) is 0 Å². The summed E-state index contributed by atoms with van der Waals surface area (Å²) < 4.78 is 4.28. The summed E-state index contributed by atoms with van der Waals surface area (Å²) in [6.07, 6.45) is 5.47. The predicted molar refractivity (Wildman–Crippen MR) is 38.0 cm³/mol. The van der Waals surface area contributed by atoms with Gasteiger partial charge in [-0.2, -0.15) is 0 Å². The van der Waals surface area contributed by atoms with E-state index in [9.17, 15) is 4.79 Å². The van der Waals surface area contributed by atoms with Crippen LogP contribution >= 0.6 is 0 Å². The van der Waals surface area contributed by atoms with Gasteiger partial charge in [0, 0.05) is 6.42 Å². The number of hydrogen-bond donors (Lipinski definition) is 0. The zero-order valence-electron chi connectivity index (χ0n) is 6.14. The van der Waals surface area contributed by atoms with Gasteiger partial charge in [0.25, 0.3) is 0 Å². The number of esters is 1. The van der Waals surface area contributed by atoms with Crippen molar-refractivity contribution in [3.8, 4) is 0 Å². The van der Waals surface area contributed by atoms with E-state index >= 15 is 0 Å². The van der Waals surface area contributed by atoms with Gasteiger partial charge >= 0.3 is 5.97 Å². The molecule has 10 heavy (non-hydrogen) atoms.